The van der Waals surface area contributed by atoms with Gasteiger partial charge in [-0.1, -0.05) is 38.8 Å². The first-order chi connectivity index (χ1) is 8.87. The fourth-order valence-electron chi connectivity index (χ4n) is 3.54. The van der Waals surface area contributed by atoms with Crippen LogP contribution in [0.15, 0.2) is 6.20 Å². The normalized spacial score (nSPS) is 28.6. The van der Waals surface area contributed by atoms with Crippen LogP contribution >= 0.6 is 23.2 Å². The number of halogens is 2. The predicted octanol–water partition coefficient (Wildman–Crippen LogP) is 4.88. The summed E-state index contributed by atoms with van der Waals surface area (Å²) in [6.07, 6.45) is 5.30. The van der Waals surface area contributed by atoms with Crippen LogP contribution in [0.4, 0.5) is 0 Å². The summed E-state index contributed by atoms with van der Waals surface area (Å²) in [6, 6.07) is 0. The molecule has 2 rings (SSSR count). The summed E-state index contributed by atoms with van der Waals surface area (Å²) in [4.78, 5) is 0. The van der Waals surface area contributed by atoms with Gasteiger partial charge in [-0.25, -0.2) is 0 Å². The second kappa shape index (κ2) is 5.65. The molecule has 4 heteroatoms. The Bertz CT molecular complexity index is 439. The molecule has 0 bridgehead atoms. The van der Waals surface area contributed by atoms with E-state index in [2.05, 4.69) is 32.8 Å². The molecule has 0 amide bonds. The highest BCUT2D eigenvalue weighted by Gasteiger charge is 2.42. The number of aryl methyl sites for hydroxylation is 1. The highest BCUT2D eigenvalue weighted by atomic mass is 35.5. The van der Waals surface area contributed by atoms with Crippen LogP contribution in [0.3, 0.4) is 0 Å². The van der Waals surface area contributed by atoms with E-state index in [1.807, 2.05) is 4.68 Å². The van der Waals surface area contributed by atoms with Crippen molar-refractivity contribution in [3.05, 3.63) is 16.9 Å². The molecular formula is C15H24Cl2N2. The lowest BCUT2D eigenvalue weighted by Gasteiger charge is -2.42. The number of alkyl halides is 1. The van der Waals surface area contributed by atoms with Crippen LogP contribution in [0.1, 0.15) is 52.7 Å². The minimum absolute atomic E-state index is 0.0316. The van der Waals surface area contributed by atoms with Crippen LogP contribution < -0.4 is 0 Å². The summed E-state index contributed by atoms with van der Waals surface area (Å²) < 4.78 is 2.02. The molecule has 1 aliphatic carbocycles. The first kappa shape index (κ1) is 15.2. The van der Waals surface area contributed by atoms with Gasteiger partial charge >= 0.3 is 0 Å². The maximum atomic E-state index is 6.65. The first-order valence-corrected chi connectivity index (χ1v) is 8.05. The van der Waals surface area contributed by atoms with Gasteiger partial charge in [0.15, 0.2) is 0 Å². The van der Waals surface area contributed by atoms with Crippen molar-refractivity contribution in [1.82, 2.24) is 9.78 Å². The number of hydrogen-bond acceptors (Lipinski definition) is 1. The Kier molecular flexibility index (Phi) is 4.52. The molecule has 108 valence electrons. The van der Waals surface area contributed by atoms with Gasteiger partial charge in [-0.2, -0.15) is 5.10 Å². The molecule has 1 aromatic heterocycles. The van der Waals surface area contributed by atoms with Crippen LogP contribution in [0.5, 0.6) is 0 Å². The van der Waals surface area contributed by atoms with E-state index in [1.165, 1.54) is 12.8 Å². The minimum Gasteiger partial charge on any atom is -0.268 e. The number of nitrogens with zero attached hydrogens (tertiary/aromatic N) is 2. The summed E-state index contributed by atoms with van der Waals surface area (Å²) in [6.45, 7) is 9.77. The smallest absolute Gasteiger partial charge is 0.0823 e. The van der Waals surface area contributed by atoms with Crippen molar-refractivity contribution < 1.29 is 0 Å². The summed E-state index contributed by atoms with van der Waals surface area (Å²) in [5, 5.41) is 5.38. The predicted molar refractivity (Wildman–Crippen MR) is 82.1 cm³/mol. The Morgan fingerprint density at radius 3 is 2.68 bits per heavy atom. The maximum absolute atomic E-state index is 6.65. The molecule has 3 atom stereocenters. The average molecular weight is 303 g/mol. The molecule has 1 heterocycles. The molecule has 0 aliphatic heterocycles. The van der Waals surface area contributed by atoms with E-state index in [0.717, 1.165) is 29.6 Å². The van der Waals surface area contributed by atoms with Gasteiger partial charge in [-0.15, -0.1) is 11.6 Å². The SMILES string of the molecule is CCn1ncc(Cl)c1C(C)(C)C1CCC(C)CC1Cl. The third-order valence-electron chi connectivity index (χ3n) is 4.67. The Morgan fingerprint density at radius 1 is 1.42 bits per heavy atom. The fourth-order valence-corrected chi connectivity index (χ4v) is 4.67. The van der Waals surface area contributed by atoms with E-state index >= 15 is 0 Å². The van der Waals surface area contributed by atoms with Crippen molar-refractivity contribution >= 4 is 23.2 Å². The number of aromatic nitrogens is 2. The zero-order chi connectivity index (χ0) is 14.2. The number of hydrogen-bond donors (Lipinski definition) is 0. The van der Waals surface area contributed by atoms with Crippen molar-refractivity contribution in [1.29, 1.82) is 0 Å². The second-order valence-electron chi connectivity index (χ2n) is 6.42. The topological polar surface area (TPSA) is 17.8 Å². The maximum Gasteiger partial charge on any atom is 0.0823 e. The third-order valence-corrected chi connectivity index (χ3v) is 5.43. The van der Waals surface area contributed by atoms with Crippen LogP contribution in [0.2, 0.25) is 5.02 Å². The molecule has 1 aromatic rings. The average Bonchev–Trinajstić information content (AvgIpc) is 2.70. The van der Waals surface area contributed by atoms with Gasteiger partial charge in [0.2, 0.25) is 0 Å². The highest BCUT2D eigenvalue weighted by molar-refractivity contribution is 6.31. The van der Waals surface area contributed by atoms with Crippen LogP contribution in [0.25, 0.3) is 0 Å². The first-order valence-electron chi connectivity index (χ1n) is 7.23. The van der Waals surface area contributed by atoms with Crippen molar-refractivity contribution in [2.75, 3.05) is 0 Å². The van der Waals surface area contributed by atoms with Gasteiger partial charge in [0.05, 0.1) is 16.9 Å². The quantitative estimate of drug-likeness (QED) is 0.728. The third kappa shape index (κ3) is 2.80. The van der Waals surface area contributed by atoms with Crippen LogP contribution in [-0.4, -0.2) is 15.2 Å². The Morgan fingerprint density at radius 2 is 2.11 bits per heavy atom. The molecule has 0 radical (unpaired) electrons. The fraction of sp³-hybridized carbons (Fsp3) is 0.800. The Hall–Kier alpha value is -0.210. The Balaban J connectivity index is 2.33. The highest BCUT2D eigenvalue weighted by Crippen LogP contribution is 2.46. The van der Waals surface area contributed by atoms with E-state index in [4.69, 9.17) is 23.2 Å². The standard InChI is InChI=1S/C15H24Cl2N2/c1-5-19-14(13(17)9-18-19)15(3,4)11-7-6-10(2)8-12(11)16/h9-12H,5-8H2,1-4H3. The van der Waals surface area contributed by atoms with E-state index in [9.17, 15) is 0 Å². The molecule has 0 N–H and O–H groups in total. The molecule has 1 fully saturated rings. The summed E-state index contributed by atoms with van der Waals surface area (Å²) in [7, 11) is 0. The van der Waals surface area contributed by atoms with Crippen molar-refractivity contribution in [3.63, 3.8) is 0 Å². The molecule has 0 aromatic carbocycles. The van der Waals surface area contributed by atoms with Crippen LogP contribution in [-0.2, 0) is 12.0 Å². The van der Waals surface area contributed by atoms with Gasteiger partial charge in [0.1, 0.15) is 0 Å². The summed E-state index contributed by atoms with van der Waals surface area (Å²) in [5.74, 6) is 1.20. The van der Waals surface area contributed by atoms with Gasteiger partial charge < -0.3 is 0 Å². The zero-order valence-corrected chi connectivity index (χ0v) is 13.8. The second-order valence-corrected chi connectivity index (χ2v) is 7.39. The van der Waals surface area contributed by atoms with Crippen LogP contribution in [0, 0.1) is 11.8 Å². The Labute approximate surface area is 126 Å². The van der Waals surface area contributed by atoms with Gasteiger partial charge in [0.25, 0.3) is 0 Å². The van der Waals surface area contributed by atoms with Crippen molar-refractivity contribution in [2.45, 2.75) is 64.3 Å². The van der Waals surface area contributed by atoms with Crippen molar-refractivity contribution in [2.24, 2.45) is 11.8 Å². The largest absolute Gasteiger partial charge is 0.268 e. The summed E-state index contributed by atoms with van der Waals surface area (Å²) >= 11 is 13.0. The van der Waals surface area contributed by atoms with E-state index in [1.54, 1.807) is 6.20 Å². The van der Waals surface area contributed by atoms with E-state index < -0.39 is 0 Å². The number of rotatable bonds is 3. The monoisotopic (exact) mass is 302 g/mol. The van der Waals surface area contributed by atoms with Crippen molar-refractivity contribution in [3.8, 4) is 0 Å². The van der Waals surface area contributed by atoms with Gasteiger partial charge in [0, 0.05) is 17.3 Å². The molecule has 3 unspecified atom stereocenters. The van der Waals surface area contributed by atoms with E-state index in [0.29, 0.717) is 5.92 Å². The lowest BCUT2D eigenvalue weighted by molar-refractivity contribution is 0.199. The molecule has 1 saturated carbocycles. The molecular weight excluding hydrogens is 279 g/mol. The van der Waals surface area contributed by atoms with Gasteiger partial charge in [-0.3, -0.25) is 4.68 Å². The summed E-state index contributed by atoms with van der Waals surface area (Å²) in [5.41, 5.74) is 1.11. The molecule has 1 aliphatic rings. The molecule has 0 saturated heterocycles. The minimum atomic E-state index is -0.0316. The molecule has 0 spiro atoms. The lowest BCUT2D eigenvalue weighted by atomic mass is 9.67. The molecule has 2 nitrogen and oxygen atoms in total. The van der Waals surface area contributed by atoms with Gasteiger partial charge in [-0.05, 0) is 31.6 Å². The lowest BCUT2D eigenvalue weighted by Crippen LogP contribution is -2.40. The zero-order valence-electron chi connectivity index (χ0n) is 12.3. The van der Waals surface area contributed by atoms with E-state index in [-0.39, 0.29) is 10.8 Å². The molecule has 19 heavy (non-hydrogen) atoms.